The number of nitrogens with zero attached hydrogens (tertiary/aromatic N) is 2. The highest BCUT2D eigenvalue weighted by atomic mass is 35.5. The van der Waals surface area contributed by atoms with E-state index in [1.807, 2.05) is 0 Å². The van der Waals surface area contributed by atoms with Crippen LogP contribution in [0.1, 0.15) is 24.3 Å². The fourth-order valence-electron chi connectivity index (χ4n) is 0.949. The Balaban J connectivity index is 2.52. The fraction of sp³-hybridized carbons (Fsp3) is 0.625. The van der Waals surface area contributed by atoms with Crippen LogP contribution in [0.15, 0.2) is 12.4 Å². The molecule has 6 heteroatoms. The topological polar surface area (TPSA) is 17.8 Å². The molecule has 2 nitrogen and oxygen atoms in total. The van der Waals surface area contributed by atoms with Crippen molar-refractivity contribution in [3.05, 3.63) is 18.0 Å². The maximum absolute atomic E-state index is 11.8. The smallest absolute Gasteiger partial charge is 0.272 e. The van der Waals surface area contributed by atoms with E-state index < -0.39 is 12.6 Å². The first-order valence-corrected chi connectivity index (χ1v) is 4.55. The molecule has 0 aliphatic rings. The Morgan fingerprint density at radius 3 is 2.64 bits per heavy atom. The van der Waals surface area contributed by atoms with Crippen molar-refractivity contribution in [2.75, 3.05) is 0 Å². The lowest BCUT2D eigenvalue weighted by atomic mass is 10.3. The van der Waals surface area contributed by atoms with Gasteiger partial charge in [-0.25, -0.2) is 0 Å². The third kappa shape index (κ3) is 3.57. The van der Waals surface area contributed by atoms with Gasteiger partial charge in [-0.15, -0.1) is 11.6 Å². The Morgan fingerprint density at radius 2 is 2.21 bits per heavy atom. The van der Waals surface area contributed by atoms with Gasteiger partial charge in [0.05, 0.1) is 18.0 Å². The third-order valence-corrected chi connectivity index (χ3v) is 1.99. The zero-order valence-electron chi connectivity index (χ0n) is 7.55. The lowest BCUT2D eigenvalue weighted by Crippen LogP contribution is -2.12. The molecule has 0 N–H and O–H groups in total. The van der Waals surface area contributed by atoms with Gasteiger partial charge in [-0.1, -0.05) is 0 Å². The minimum absolute atomic E-state index is 0.160. The second-order valence-corrected chi connectivity index (χ2v) is 3.67. The molecule has 0 aliphatic heterocycles. The van der Waals surface area contributed by atoms with E-state index in [2.05, 4.69) is 5.10 Å². The van der Waals surface area contributed by atoms with Crippen molar-refractivity contribution in [2.24, 2.45) is 0 Å². The van der Waals surface area contributed by atoms with Gasteiger partial charge >= 0.3 is 6.18 Å². The van der Waals surface area contributed by atoms with Crippen molar-refractivity contribution < 1.29 is 13.2 Å². The molecule has 1 aromatic rings. The quantitative estimate of drug-likeness (QED) is 0.724. The molecule has 0 saturated carbocycles. The summed E-state index contributed by atoms with van der Waals surface area (Å²) in [6, 6.07) is 0. The summed E-state index contributed by atoms with van der Waals surface area (Å²) in [6.07, 6.45) is -2.00. The standard InChI is InChI=1S/C8H10ClF3N2/c1-6(9)7-4-13-14(5-7)3-2-8(10,11)12/h4-6H,2-3H2,1H3. The largest absolute Gasteiger partial charge is 0.390 e. The molecule has 14 heavy (non-hydrogen) atoms. The summed E-state index contributed by atoms with van der Waals surface area (Å²) in [6.45, 7) is 1.58. The highest BCUT2D eigenvalue weighted by Crippen LogP contribution is 2.21. The van der Waals surface area contributed by atoms with Gasteiger partial charge in [0.1, 0.15) is 0 Å². The van der Waals surface area contributed by atoms with E-state index in [-0.39, 0.29) is 11.9 Å². The van der Waals surface area contributed by atoms with Gasteiger partial charge in [0, 0.05) is 18.3 Å². The molecule has 1 aromatic heterocycles. The van der Waals surface area contributed by atoms with Crippen LogP contribution in [0.2, 0.25) is 0 Å². The molecule has 0 radical (unpaired) electrons. The van der Waals surface area contributed by atoms with Crippen LogP contribution in [0.3, 0.4) is 0 Å². The van der Waals surface area contributed by atoms with Gasteiger partial charge in [-0.3, -0.25) is 4.68 Å². The maximum atomic E-state index is 11.8. The summed E-state index contributed by atoms with van der Waals surface area (Å²) in [5.41, 5.74) is 0.730. The van der Waals surface area contributed by atoms with Gasteiger partial charge < -0.3 is 0 Å². The minimum atomic E-state index is -4.14. The van der Waals surface area contributed by atoms with Crippen LogP contribution in [0, 0.1) is 0 Å². The number of hydrogen-bond donors (Lipinski definition) is 0. The molecule has 1 heterocycles. The second kappa shape index (κ2) is 4.21. The first-order chi connectivity index (χ1) is 6.38. The summed E-state index contributed by atoms with van der Waals surface area (Å²) >= 11 is 5.73. The lowest BCUT2D eigenvalue weighted by Gasteiger charge is -2.05. The minimum Gasteiger partial charge on any atom is -0.272 e. The Labute approximate surface area is 84.7 Å². The summed E-state index contributed by atoms with van der Waals surface area (Å²) in [7, 11) is 0. The van der Waals surface area contributed by atoms with Crippen molar-refractivity contribution >= 4 is 11.6 Å². The van der Waals surface area contributed by atoms with Crippen molar-refractivity contribution in [1.82, 2.24) is 9.78 Å². The number of hydrogen-bond acceptors (Lipinski definition) is 1. The van der Waals surface area contributed by atoms with Crippen LogP contribution in [0.4, 0.5) is 13.2 Å². The van der Waals surface area contributed by atoms with Crippen molar-refractivity contribution in [3.8, 4) is 0 Å². The zero-order chi connectivity index (χ0) is 10.8. The first-order valence-electron chi connectivity index (χ1n) is 4.11. The molecular weight excluding hydrogens is 217 g/mol. The average molecular weight is 227 g/mol. The molecule has 0 aromatic carbocycles. The highest BCUT2D eigenvalue weighted by molar-refractivity contribution is 6.20. The van der Waals surface area contributed by atoms with E-state index >= 15 is 0 Å². The first kappa shape index (κ1) is 11.4. The van der Waals surface area contributed by atoms with Crippen molar-refractivity contribution in [3.63, 3.8) is 0 Å². The van der Waals surface area contributed by atoms with Gasteiger partial charge in [-0.2, -0.15) is 18.3 Å². The van der Waals surface area contributed by atoms with Gasteiger partial charge in [0.25, 0.3) is 0 Å². The normalized spacial score (nSPS) is 14.4. The summed E-state index contributed by atoms with van der Waals surface area (Å²) < 4.78 is 36.8. The Kier molecular flexibility index (Phi) is 3.42. The van der Waals surface area contributed by atoms with Crippen LogP contribution in [0.25, 0.3) is 0 Å². The summed E-state index contributed by atoms with van der Waals surface area (Å²) in [4.78, 5) is 0. The molecule has 0 aliphatic carbocycles. The summed E-state index contributed by atoms with van der Waals surface area (Å²) in [5, 5.41) is 3.55. The molecule has 0 bridgehead atoms. The van der Waals surface area contributed by atoms with Gasteiger partial charge in [0.2, 0.25) is 0 Å². The van der Waals surface area contributed by atoms with E-state index in [1.165, 1.54) is 17.1 Å². The molecule has 0 amide bonds. The van der Waals surface area contributed by atoms with E-state index in [4.69, 9.17) is 11.6 Å². The van der Waals surface area contributed by atoms with Crippen LogP contribution in [-0.2, 0) is 6.54 Å². The predicted octanol–water partition coefficient (Wildman–Crippen LogP) is 3.14. The molecule has 0 saturated heterocycles. The molecule has 1 unspecified atom stereocenters. The highest BCUT2D eigenvalue weighted by Gasteiger charge is 2.26. The number of rotatable bonds is 3. The summed E-state index contributed by atoms with van der Waals surface area (Å²) in [5.74, 6) is 0. The molecule has 0 fully saturated rings. The predicted molar refractivity (Wildman–Crippen MR) is 47.2 cm³/mol. The van der Waals surface area contributed by atoms with E-state index in [0.29, 0.717) is 0 Å². The molecular formula is C8H10ClF3N2. The van der Waals surface area contributed by atoms with Crippen LogP contribution < -0.4 is 0 Å². The van der Waals surface area contributed by atoms with Gasteiger partial charge in [0.15, 0.2) is 0 Å². The second-order valence-electron chi connectivity index (χ2n) is 3.02. The Morgan fingerprint density at radius 1 is 1.57 bits per heavy atom. The molecule has 80 valence electrons. The third-order valence-electron chi connectivity index (χ3n) is 1.74. The number of alkyl halides is 4. The SMILES string of the molecule is CC(Cl)c1cnn(CCC(F)(F)F)c1. The molecule has 1 atom stereocenters. The Bertz CT molecular complexity index is 293. The van der Waals surface area contributed by atoms with Crippen LogP contribution in [0.5, 0.6) is 0 Å². The van der Waals surface area contributed by atoms with Gasteiger partial charge in [-0.05, 0) is 6.92 Å². The number of aryl methyl sites for hydroxylation is 1. The van der Waals surface area contributed by atoms with E-state index in [1.54, 1.807) is 6.92 Å². The van der Waals surface area contributed by atoms with Crippen molar-refractivity contribution in [1.29, 1.82) is 0 Å². The molecule has 1 rings (SSSR count). The van der Waals surface area contributed by atoms with E-state index in [9.17, 15) is 13.2 Å². The number of halogens is 4. The zero-order valence-corrected chi connectivity index (χ0v) is 8.31. The fourth-order valence-corrected chi connectivity index (χ4v) is 1.06. The van der Waals surface area contributed by atoms with Crippen LogP contribution in [-0.4, -0.2) is 16.0 Å². The maximum Gasteiger partial charge on any atom is 0.390 e. The average Bonchev–Trinajstić information content (AvgIpc) is 2.47. The lowest BCUT2D eigenvalue weighted by molar-refractivity contribution is -0.137. The molecule has 0 spiro atoms. The van der Waals surface area contributed by atoms with E-state index in [0.717, 1.165) is 5.56 Å². The number of aromatic nitrogens is 2. The monoisotopic (exact) mass is 226 g/mol. The Hall–Kier alpha value is -0.710. The van der Waals surface area contributed by atoms with Crippen LogP contribution >= 0.6 is 11.6 Å². The van der Waals surface area contributed by atoms with Crippen molar-refractivity contribution in [2.45, 2.75) is 31.4 Å².